The fourth-order valence-corrected chi connectivity index (χ4v) is 1.64. The number of aliphatic carboxylic acids is 1. The quantitative estimate of drug-likeness (QED) is 0.558. The molecule has 0 aromatic rings. The van der Waals surface area contributed by atoms with Crippen LogP contribution in [0.5, 0.6) is 0 Å². The number of hydrogen-bond acceptors (Lipinski definition) is 2. The maximum Gasteiger partial charge on any atom is 0.308 e. The summed E-state index contributed by atoms with van der Waals surface area (Å²) in [5.74, 6) is -1.02. The second kappa shape index (κ2) is 3.72. The molecule has 3 N–H and O–H groups in total. The van der Waals surface area contributed by atoms with Gasteiger partial charge >= 0.3 is 5.97 Å². The minimum atomic E-state index is -0.723. The van der Waals surface area contributed by atoms with Crippen LogP contribution in [0.4, 0.5) is 0 Å². The number of hydrogen-bond donors (Lipinski definition) is 2. The first kappa shape index (κ1) is 8.53. The second-order valence-electron chi connectivity index (χ2n) is 3.25. The van der Waals surface area contributed by atoms with Crippen LogP contribution < -0.4 is 5.73 Å². The number of carboxylic acids is 1. The molecule has 64 valence electrons. The number of carboxylic acid groups (broad SMARTS) is 1. The largest absolute Gasteiger partial charge is 0.481 e. The van der Waals surface area contributed by atoms with E-state index in [0.29, 0.717) is 0 Å². The number of nitrogens with two attached hydrogens (primary N) is 1. The standard InChI is InChI=1S/C8H15NO2/c9-7-5-3-1-2-4-6(7)8(10)11/h6-7H,1-5,9H2,(H,10,11)/t6?,7-/m1/s1. The van der Waals surface area contributed by atoms with Crippen molar-refractivity contribution in [3.63, 3.8) is 0 Å². The van der Waals surface area contributed by atoms with E-state index < -0.39 is 5.97 Å². The first-order valence-electron chi connectivity index (χ1n) is 4.20. The van der Waals surface area contributed by atoms with E-state index in [0.717, 1.165) is 32.1 Å². The second-order valence-corrected chi connectivity index (χ2v) is 3.25. The van der Waals surface area contributed by atoms with Gasteiger partial charge in [0.25, 0.3) is 0 Å². The molecule has 0 spiro atoms. The van der Waals surface area contributed by atoms with Gasteiger partial charge < -0.3 is 10.8 Å². The maximum atomic E-state index is 10.6. The third-order valence-corrected chi connectivity index (χ3v) is 2.39. The van der Waals surface area contributed by atoms with E-state index in [1.165, 1.54) is 0 Å². The van der Waals surface area contributed by atoms with E-state index in [1.54, 1.807) is 0 Å². The van der Waals surface area contributed by atoms with Gasteiger partial charge in [0.2, 0.25) is 0 Å². The smallest absolute Gasteiger partial charge is 0.308 e. The molecule has 1 aliphatic rings. The molecule has 0 amide bonds. The minimum Gasteiger partial charge on any atom is -0.481 e. The summed E-state index contributed by atoms with van der Waals surface area (Å²) in [4.78, 5) is 10.6. The van der Waals surface area contributed by atoms with E-state index in [9.17, 15) is 4.79 Å². The van der Waals surface area contributed by atoms with Crippen molar-refractivity contribution >= 4 is 5.97 Å². The molecule has 0 saturated heterocycles. The SMILES string of the molecule is N[C@@H]1CCCCCC1C(=O)O. The van der Waals surface area contributed by atoms with Crippen molar-refractivity contribution in [1.82, 2.24) is 0 Å². The van der Waals surface area contributed by atoms with Gasteiger partial charge in [-0.2, -0.15) is 0 Å². The predicted octanol–water partition coefficient (Wildman–Crippen LogP) is 0.979. The van der Waals surface area contributed by atoms with E-state index in [-0.39, 0.29) is 12.0 Å². The maximum absolute atomic E-state index is 10.6. The Morgan fingerprint density at radius 2 is 1.91 bits per heavy atom. The fraction of sp³-hybridized carbons (Fsp3) is 0.875. The fourth-order valence-electron chi connectivity index (χ4n) is 1.64. The van der Waals surface area contributed by atoms with Crippen molar-refractivity contribution < 1.29 is 9.90 Å². The summed E-state index contributed by atoms with van der Waals surface area (Å²) < 4.78 is 0. The van der Waals surface area contributed by atoms with Crippen molar-refractivity contribution in [2.24, 2.45) is 11.7 Å². The van der Waals surface area contributed by atoms with Gasteiger partial charge in [0.1, 0.15) is 0 Å². The molecule has 1 fully saturated rings. The van der Waals surface area contributed by atoms with E-state index in [4.69, 9.17) is 10.8 Å². The van der Waals surface area contributed by atoms with Gasteiger partial charge in [0, 0.05) is 6.04 Å². The van der Waals surface area contributed by atoms with Crippen molar-refractivity contribution in [3.8, 4) is 0 Å². The highest BCUT2D eigenvalue weighted by atomic mass is 16.4. The molecule has 0 bridgehead atoms. The molecule has 1 unspecified atom stereocenters. The van der Waals surface area contributed by atoms with Crippen LogP contribution in [0, 0.1) is 5.92 Å². The summed E-state index contributed by atoms with van der Waals surface area (Å²) >= 11 is 0. The molecule has 3 nitrogen and oxygen atoms in total. The zero-order valence-corrected chi connectivity index (χ0v) is 6.62. The van der Waals surface area contributed by atoms with Crippen LogP contribution in [0.15, 0.2) is 0 Å². The van der Waals surface area contributed by atoms with Gasteiger partial charge in [-0.15, -0.1) is 0 Å². The van der Waals surface area contributed by atoms with Crippen LogP contribution in [0.1, 0.15) is 32.1 Å². The summed E-state index contributed by atoms with van der Waals surface area (Å²) in [6, 6.07) is -0.116. The molecule has 1 saturated carbocycles. The molecule has 0 aromatic heterocycles. The third kappa shape index (κ3) is 2.19. The van der Waals surface area contributed by atoms with Gasteiger partial charge in [0.15, 0.2) is 0 Å². The first-order chi connectivity index (χ1) is 5.22. The van der Waals surface area contributed by atoms with E-state index in [1.807, 2.05) is 0 Å². The Kier molecular flexibility index (Phi) is 2.88. The molecule has 3 heteroatoms. The Labute approximate surface area is 66.6 Å². The number of rotatable bonds is 1. The Hall–Kier alpha value is -0.570. The zero-order valence-electron chi connectivity index (χ0n) is 6.62. The van der Waals surface area contributed by atoms with Gasteiger partial charge in [-0.1, -0.05) is 19.3 Å². The molecule has 0 heterocycles. The Bertz CT molecular complexity index is 147. The molecule has 0 radical (unpaired) electrons. The van der Waals surface area contributed by atoms with Crippen LogP contribution in [-0.2, 0) is 4.79 Å². The lowest BCUT2D eigenvalue weighted by Crippen LogP contribution is -2.34. The zero-order chi connectivity index (χ0) is 8.27. The van der Waals surface area contributed by atoms with Crippen molar-refractivity contribution in [1.29, 1.82) is 0 Å². The Morgan fingerprint density at radius 3 is 2.55 bits per heavy atom. The Balaban J connectivity index is 2.52. The van der Waals surface area contributed by atoms with Gasteiger partial charge in [0.05, 0.1) is 5.92 Å². The van der Waals surface area contributed by atoms with Crippen molar-refractivity contribution in [2.75, 3.05) is 0 Å². The third-order valence-electron chi connectivity index (χ3n) is 2.39. The molecule has 2 atom stereocenters. The summed E-state index contributed by atoms with van der Waals surface area (Å²) in [5.41, 5.74) is 5.70. The molecule has 0 aromatic carbocycles. The predicted molar refractivity (Wildman–Crippen MR) is 42.2 cm³/mol. The van der Waals surface area contributed by atoms with Crippen molar-refractivity contribution in [3.05, 3.63) is 0 Å². The van der Waals surface area contributed by atoms with E-state index in [2.05, 4.69) is 0 Å². The van der Waals surface area contributed by atoms with Crippen LogP contribution in [0.3, 0.4) is 0 Å². The highest BCUT2D eigenvalue weighted by Crippen LogP contribution is 2.21. The van der Waals surface area contributed by atoms with Crippen LogP contribution >= 0.6 is 0 Å². The molecule has 11 heavy (non-hydrogen) atoms. The highest BCUT2D eigenvalue weighted by Gasteiger charge is 2.26. The van der Waals surface area contributed by atoms with Crippen LogP contribution in [0.2, 0.25) is 0 Å². The summed E-state index contributed by atoms with van der Waals surface area (Å²) in [6.07, 6.45) is 4.88. The first-order valence-corrected chi connectivity index (χ1v) is 4.20. The monoisotopic (exact) mass is 157 g/mol. The molecule has 1 rings (SSSR count). The highest BCUT2D eigenvalue weighted by molar-refractivity contribution is 5.70. The van der Waals surface area contributed by atoms with Crippen LogP contribution in [-0.4, -0.2) is 17.1 Å². The summed E-state index contributed by atoms with van der Waals surface area (Å²) in [5, 5.41) is 8.75. The summed E-state index contributed by atoms with van der Waals surface area (Å²) in [7, 11) is 0. The van der Waals surface area contributed by atoms with E-state index >= 15 is 0 Å². The summed E-state index contributed by atoms with van der Waals surface area (Å²) in [6.45, 7) is 0. The number of carbonyl (C=O) groups is 1. The molecular formula is C8H15NO2. The molecular weight excluding hydrogens is 142 g/mol. The van der Waals surface area contributed by atoms with Gasteiger partial charge in [-0.05, 0) is 12.8 Å². The van der Waals surface area contributed by atoms with Gasteiger partial charge in [-0.25, -0.2) is 0 Å². The van der Waals surface area contributed by atoms with Gasteiger partial charge in [-0.3, -0.25) is 4.79 Å². The molecule has 1 aliphatic carbocycles. The van der Waals surface area contributed by atoms with Crippen LogP contribution in [0.25, 0.3) is 0 Å². The Morgan fingerprint density at radius 1 is 1.27 bits per heavy atom. The molecule has 0 aliphatic heterocycles. The average Bonchev–Trinajstić information content (AvgIpc) is 2.13. The normalized spacial score (nSPS) is 32.8. The lowest BCUT2D eigenvalue weighted by Gasteiger charge is -2.15. The lowest BCUT2D eigenvalue weighted by atomic mass is 9.96. The minimum absolute atomic E-state index is 0.116. The average molecular weight is 157 g/mol. The topological polar surface area (TPSA) is 63.3 Å². The van der Waals surface area contributed by atoms with Crippen molar-refractivity contribution in [2.45, 2.75) is 38.1 Å². The lowest BCUT2D eigenvalue weighted by molar-refractivity contribution is -0.142.